The first kappa shape index (κ1) is 9.82. The molecule has 0 aromatic carbocycles. The molecule has 5 nitrogen and oxygen atoms in total. The normalized spacial score (nSPS) is 12.7. The molecule has 2 heterocycles. The molecule has 5 heteroatoms. The van der Waals surface area contributed by atoms with Crippen LogP contribution in [0, 0.1) is 0 Å². The maximum atomic E-state index is 5.53. The Morgan fingerprint density at radius 1 is 1.47 bits per heavy atom. The van der Waals surface area contributed by atoms with Crippen molar-refractivity contribution in [2.24, 2.45) is 12.9 Å². The van der Waals surface area contributed by atoms with E-state index in [0.717, 1.165) is 11.4 Å². The lowest BCUT2D eigenvalue weighted by atomic mass is 10.1. The van der Waals surface area contributed by atoms with Crippen LogP contribution in [0.3, 0.4) is 0 Å². The Bertz CT molecular complexity index is 422. The minimum Gasteiger partial charge on any atom is -0.336 e. The van der Waals surface area contributed by atoms with Crippen molar-refractivity contribution < 1.29 is 0 Å². The summed E-state index contributed by atoms with van der Waals surface area (Å²) in [6.07, 6.45) is 7.14. The van der Waals surface area contributed by atoms with Gasteiger partial charge in [-0.15, -0.1) is 0 Å². The van der Waals surface area contributed by atoms with E-state index in [1.807, 2.05) is 29.9 Å². The molecular weight excluding hydrogens is 190 g/mol. The van der Waals surface area contributed by atoms with Crippen molar-refractivity contribution in [3.05, 3.63) is 48.3 Å². The summed E-state index contributed by atoms with van der Waals surface area (Å²) < 4.78 is 1.93. The predicted molar refractivity (Wildman–Crippen MR) is 56.6 cm³/mol. The van der Waals surface area contributed by atoms with Crippen molar-refractivity contribution >= 4 is 0 Å². The summed E-state index contributed by atoms with van der Waals surface area (Å²) in [7, 11) is 1.93. The molecule has 0 saturated heterocycles. The van der Waals surface area contributed by atoms with E-state index in [0.29, 0.717) is 0 Å². The highest BCUT2D eigenvalue weighted by atomic mass is 15.3. The molecule has 0 bridgehead atoms. The standard InChI is InChI=1S/C10H13N5/c1-15-6-5-13-10(15)9(14-11)8-3-2-4-12-7-8/h2-7,9,14H,11H2,1H3. The van der Waals surface area contributed by atoms with Crippen LogP contribution >= 0.6 is 0 Å². The van der Waals surface area contributed by atoms with Gasteiger partial charge in [-0.1, -0.05) is 6.07 Å². The molecule has 0 radical (unpaired) electrons. The number of imidazole rings is 1. The molecular formula is C10H13N5. The van der Waals surface area contributed by atoms with E-state index >= 15 is 0 Å². The van der Waals surface area contributed by atoms with E-state index in [-0.39, 0.29) is 6.04 Å². The summed E-state index contributed by atoms with van der Waals surface area (Å²) in [6.45, 7) is 0. The molecule has 2 aromatic heterocycles. The van der Waals surface area contributed by atoms with Gasteiger partial charge < -0.3 is 4.57 Å². The van der Waals surface area contributed by atoms with Crippen LogP contribution in [0.5, 0.6) is 0 Å². The van der Waals surface area contributed by atoms with Crippen LogP contribution in [0.25, 0.3) is 0 Å². The number of rotatable bonds is 3. The fraction of sp³-hybridized carbons (Fsp3) is 0.200. The summed E-state index contributed by atoms with van der Waals surface area (Å²) >= 11 is 0. The lowest BCUT2D eigenvalue weighted by Gasteiger charge is -2.15. The molecule has 3 N–H and O–H groups in total. The third-order valence-electron chi connectivity index (χ3n) is 2.30. The molecule has 0 spiro atoms. The second-order valence-electron chi connectivity index (χ2n) is 3.28. The minimum atomic E-state index is -0.126. The van der Waals surface area contributed by atoms with Crippen LogP contribution in [-0.2, 0) is 7.05 Å². The van der Waals surface area contributed by atoms with Crippen molar-refractivity contribution in [3.8, 4) is 0 Å². The summed E-state index contributed by atoms with van der Waals surface area (Å²) in [5.41, 5.74) is 3.73. The van der Waals surface area contributed by atoms with Crippen LogP contribution in [0.4, 0.5) is 0 Å². The van der Waals surface area contributed by atoms with E-state index in [4.69, 9.17) is 5.84 Å². The van der Waals surface area contributed by atoms with Crippen LogP contribution in [0.15, 0.2) is 36.9 Å². The number of aromatic nitrogens is 3. The van der Waals surface area contributed by atoms with E-state index in [1.54, 1.807) is 18.6 Å². The smallest absolute Gasteiger partial charge is 0.131 e. The van der Waals surface area contributed by atoms with Gasteiger partial charge in [-0.05, 0) is 11.6 Å². The summed E-state index contributed by atoms with van der Waals surface area (Å²) in [6, 6.07) is 3.72. The first-order valence-corrected chi connectivity index (χ1v) is 4.66. The molecule has 0 aliphatic carbocycles. The van der Waals surface area contributed by atoms with Gasteiger partial charge in [0, 0.05) is 31.8 Å². The van der Waals surface area contributed by atoms with Gasteiger partial charge in [0.2, 0.25) is 0 Å². The van der Waals surface area contributed by atoms with Crippen molar-refractivity contribution in [3.63, 3.8) is 0 Å². The van der Waals surface area contributed by atoms with Crippen molar-refractivity contribution in [1.82, 2.24) is 20.0 Å². The Balaban J connectivity index is 2.37. The number of hydrazine groups is 1. The van der Waals surface area contributed by atoms with E-state index < -0.39 is 0 Å². The van der Waals surface area contributed by atoms with Gasteiger partial charge >= 0.3 is 0 Å². The van der Waals surface area contributed by atoms with E-state index in [9.17, 15) is 0 Å². The predicted octanol–water partition coefficient (Wildman–Crippen LogP) is 0.368. The van der Waals surface area contributed by atoms with Gasteiger partial charge in [-0.2, -0.15) is 0 Å². The average Bonchev–Trinajstić information content (AvgIpc) is 2.68. The minimum absolute atomic E-state index is 0.126. The Morgan fingerprint density at radius 3 is 2.87 bits per heavy atom. The second kappa shape index (κ2) is 4.20. The third kappa shape index (κ3) is 1.88. The Morgan fingerprint density at radius 2 is 2.33 bits per heavy atom. The fourth-order valence-corrected chi connectivity index (χ4v) is 1.52. The van der Waals surface area contributed by atoms with Crippen LogP contribution in [-0.4, -0.2) is 14.5 Å². The lowest BCUT2D eigenvalue weighted by Crippen LogP contribution is -2.30. The molecule has 2 aromatic rings. The molecule has 0 saturated carbocycles. The topological polar surface area (TPSA) is 68.8 Å². The summed E-state index contributed by atoms with van der Waals surface area (Å²) in [4.78, 5) is 8.32. The molecule has 1 atom stereocenters. The maximum absolute atomic E-state index is 5.53. The molecule has 0 amide bonds. The molecule has 1 unspecified atom stereocenters. The van der Waals surface area contributed by atoms with Crippen LogP contribution in [0.2, 0.25) is 0 Å². The number of nitrogens with zero attached hydrogens (tertiary/aromatic N) is 3. The van der Waals surface area contributed by atoms with Gasteiger partial charge in [-0.3, -0.25) is 10.8 Å². The monoisotopic (exact) mass is 203 g/mol. The van der Waals surface area contributed by atoms with Gasteiger partial charge in [0.05, 0.1) is 0 Å². The summed E-state index contributed by atoms with van der Waals surface area (Å²) in [5.74, 6) is 6.40. The zero-order valence-electron chi connectivity index (χ0n) is 8.46. The molecule has 0 fully saturated rings. The van der Waals surface area contributed by atoms with Gasteiger partial charge in [0.15, 0.2) is 0 Å². The second-order valence-corrected chi connectivity index (χ2v) is 3.28. The first-order valence-electron chi connectivity index (χ1n) is 4.66. The Kier molecular flexibility index (Phi) is 2.75. The lowest BCUT2D eigenvalue weighted by molar-refractivity contribution is 0.578. The summed E-state index contributed by atoms with van der Waals surface area (Å²) in [5, 5.41) is 0. The maximum Gasteiger partial charge on any atom is 0.131 e. The zero-order valence-corrected chi connectivity index (χ0v) is 8.46. The van der Waals surface area contributed by atoms with Crippen molar-refractivity contribution in [2.75, 3.05) is 0 Å². The van der Waals surface area contributed by atoms with E-state index in [2.05, 4.69) is 15.4 Å². The SMILES string of the molecule is Cn1ccnc1C(NN)c1cccnc1. The van der Waals surface area contributed by atoms with Crippen LogP contribution < -0.4 is 11.3 Å². The fourth-order valence-electron chi connectivity index (χ4n) is 1.52. The highest BCUT2D eigenvalue weighted by Gasteiger charge is 2.16. The zero-order chi connectivity index (χ0) is 10.7. The number of hydrogen-bond donors (Lipinski definition) is 2. The number of nitrogens with one attached hydrogen (secondary N) is 1. The number of nitrogens with two attached hydrogens (primary N) is 1. The molecule has 15 heavy (non-hydrogen) atoms. The first-order chi connectivity index (χ1) is 7.33. The quantitative estimate of drug-likeness (QED) is 0.558. The molecule has 2 rings (SSSR count). The number of hydrogen-bond acceptors (Lipinski definition) is 4. The van der Waals surface area contributed by atoms with Crippen molar-refractivity contribution in [2.45, 2.75) is 6.04 Å². The Hall–Kier alpha value is -1.72. The van der Waals surface area contributed by atoms with Crippen LogP contribution in [0.1, 0.15) is 17.4 Å². The number of pyridine rings is 1. The van der Waals surface area contributed by atoms with E-state index in [1.165, 1.54) is 0 Å². The number of aryl methyl sites for hydroxylation is 1. The van der Waals surface area contributed by atoms with Gasteiger partial charge in [0.25, 0.3) is 0 Å². The highest BCUT2D eigenvalue weighted by Crippen LogP contribution is 2.17. The highest BCUT2D eigenvalue weighted by molar-refractivity contribution is 5.21. The largest absolute Gasteiger partial charge is 0.336 e. The Labute approximate surface area is 87.9 Å². The van der Waals surface area contributed by atoms with Gasteiger partial charge in [-0.25, -0.2) is 10.4 Å². The average molecular weight is 203 g/mol. The molecule has 0 aliphatic heterocycles. The van der Waals surface area contributed by atoms with Crippen molar-refractivity contribution in [1.29, 1.82) is 0 Å². The van der Waals surface area contributed by atoms with Gasteiger partial charge in [0.1, 0.15) is 11.9 Å². The molecule has 0 aliphatic rings. The molecule has 78 valence electrons. The third-order valence-corrected chi connectivity index (χ3v) is 2.30.